The van der Waals surface area contributed by atoms with E-state index in [4.69, 9.17) is 11.6 Å². The zero-order valence-electron chi connectivity index (χ0n) is 5.44. The predicted molar refractivity (Wildman–Crippen MR) is 48.8 cm³/mol. The molecule has 0 bridgehead atoms. The Morgan fingerprint density at radius 3 is 3.18 bits per heavy atom. The third-order valence-corrected chi connectivity index (χ3v) is 2.56. The third-order valence-electron chi connectivity index (χ3n) is 1.44. The van der Waals surface area contributed by atoms with Crippen molar-refractivity contribution in [3.63, 3.8) is 0 Å². The zero-order valence-corrected chi connectivity index (χ0v) is 7.78. The Bertz CT molecular complexity index is 360. The highest BCUT2D eigenvalue weighted by Gasteiger charge is 2.01. The van der Waals surface area contributed by atoms with E-state index in [1.165, 1.54) is 0 Å². The monoisotopic (exact) mass is 230 g/mol. The minimum Gasteiger partial charge on any atom is -0.360 e. The molecular weight excluding hydrogens is 227 g/mol. The van der Waals surface area contributed by atoms with Gasteiger partial charge in [-0.2, -0.15) is 0 Å². The Hall–Kier alpha value is -0.540. The summed E-state index contributed by atoms with van der Waals surface area (Å²) in [6.07, 6.45) is 1.83. The number of pyridine rings is 1. The Kier molecular flexibility index (Phi) is 1.62. The molecule has 0 atom stereocenters. The fourth-order valence-corrected chi connectivity index (χ4v) is 1.40. The molecule has 0 amide bonds. The average Bonchev–Trinajstić information content (AvgIpc) is 2.36. The minimum absolute atomic E-state index is 0.497. The van der Waals surface area contributed by atoms with Gasteiger partial charge in [0.2, 0.25) is 0 Å². The summed E-state index contributed by atoms with van der Waals surface area (Å²) in [4.78, 5) is 7.16. The summed E-state index contributed by atoms with van der Waals surface area (Å²) in [5.74, 6) is 0. The first-order chi connectivity index (χ1) is 5.27. The first-order valence-electron chi connectivity index (χ1n) is 3.06. The van der Waals surface area contributed by atoms with Crippen molar-refractivity contribution in [2.45, 2.75) is 0 Å². The maximum absolute atomic E-state index is 5.77. The SMILES string of the molecule is Clc1nc2cc[nH]c2cc1Br. The number of aromatic amines is 1. The van der Waals surface area contributed by atoms with Crippen LogP contribution in [0, 0.1) is 0 Å². The largest absolute Gasteiger partial charge is 0.360 e. The van der Waals surface area contributed by atoms with Gasteiger partial charge in [-0.1, -0.05) is 11.6 Å². The lowest BCUT2D eigenvalue weighted by atomic mass is 10.4. The van der Waals surface area contributed by atoms with Crippen LogP contribution in [-0.4, -0.2) is 9.97 Å². The second-order valence-electron chi connectivity index (χ2n) is 2.17. The van der Waals surface area contributed by atoms with Crippen LogP contribution in [0.5, 0.6) is 0 Å². The van der Waals surface area contributed by atoms with Crippen LogP contribution in [0.15, 0.2) is 22.8 Å². The van der Waals surface area contributed by atoms with Crippen LogP contribution >= 0.6 is 27.5 Å². The van der Waals surface area contributed by atoms with E-state index in [9.17, 15) is 0 Å². The summed E-state index contributed by atoms with van der Waals surface area (Å²) in [6.45, 7) is 0. The van der Waals surface area contributed by atoms with Gasteiger partial charge in [0.25, 0.3) is 0 Å². The van der Waals surface area contributed by atoms with Gasteiger partial charge in [-0.3, -0.25) is 0 Å². The van der Waals surface area contributed by atoms with E-state index in [0.29, 0.717) is 5.15 Å². The van der Waals surface area contributed by atoms with Gasteiger partial charge in [0, 0.05) is 6.20 Å². The Labute approximate surface area is 76.7 Å². The quantitative estimate of drug-likeness (QED) is 0.694. The van der Waals surface area contributed by atoms with Crippen LogP contribution in [-0.2, 0) is 0 Å². The molecule has 11 heavy (non-hydrogen) atoms. The van der Waals surface area contributed by atoms with Gasteiger partial charge in [-0.25, -0.2) is 4.98 Å². The van der Waals surface area contributed by atoms with Gasteiger partial charge in [0.05, 0.1) is 15.5 Å². The second-order valence-corrected chi connectivity index (χ2v) is 3.38. The van der Waals surface area contributed by atoms with E-state index in [1.807, 2.05) is 18.3 Å². The van der Waals surface area contributed by atoms with Crippen molar-refractivity contribution in [2.24, 2.45) is 0 Å². The number of halogens is 2. The van der Waals surface area contributed by atoms with Gasteiger partial charge in [0.15, 0.2) is 0 Å². The Morgan fingerprint density at radius 1 is 1.55 bits per heavy atom. The number of fused-ring (bicyclic) bond motifs is 1. The van der Waals surface area contributed by atoms with Gasteiger partial charge in [-0.05, 0) is 28.1 Å². The summed E-state index contributed by atoms with van der Waals surface area (Å²) in [5, 5.41) is 0.497. The van der Waals surface area contributed by atoms with Crippen molar-refractivity contribution in [1.82, 2.24) is 9.97 Å². The van der Waals surface area contributed by atoms with Crippen molar-refractivity contribution in [3.05, 3.63) is 28.0 Å². The fourth-order valence-electron chi connectivity index (χ4n) is 0.933. The van der Waals surface area contributed by atoms with E-state index >= 15 is 0 Å². The normalized spacial score (nSPS) is 10.7. The lowest BCUT2D eigenvalue weighted by Gasteiger charge is -1.93. The number of nitrogens with one attached hydrogen (secondary N) is 1. The van der Waals surface area contributed by atoms with E-state index in [2.05, 4.69) is 25.9 Å². The summed E-state index contributed by atoms with van der Waals surface area (Å²) < 4.78 is 0.814. The molecule has 2 rings (SSSR count). The average molecular weight is 231 g/mol. The molecule has 2 aromatic heterocycles. The highest BCUT2D eigenvalue weighted by Crippen LogP contribution is 2.23. The molecule has 0 aliphatic heterocycles. The molecule has 0 saturated carbocycles. The Balaban J connectivity index is 2.86. The smallest absolute Gasteiger partial charge is 0.144 e. The molecule has 2 aromatic rings. The second kappa shape index (κ2) is 2.50. The topological polar surface area (TPSA) is 28.7 Å². The van der Waals surface area contributed by atoms with Crippen molar-refractivity contribution in [2.75, 3.05) is 0 Å². The number of hydrogen-bond donors (Lipinski definition) is 1. The van der Waals surface area contributed by atoms with E-state index in [0.717, 1.165) is 15.5 Å². The lowest BCUT2D eigenvalue weighted by Crippen LogP contribution is -1.77. The molecule has 56 valence electrons. The fraction of sp³-hybridized carbons (Fsp3) is 0. The third kappa shape index (κ3) is 1.14. The molecule has 0 aromatic carbocycles. The summed E-state index contributed by atoms with van der Waals surface area (Å²) in [7, 11) is 0. The highest BCUT2D eigenvalue weighted by atomic mass is 79.9. The van der Waals surface area contributed by atoms with Crippen LogP contribution < -0.4 is 0 Å². The van der Waals surface area contributed by atoms with E-state index < -0.39 is 0 Å². The molecule has 0 spiro atoms. The van der Waals surface area contributed by atoms with Crippen molar-refractivity contribution in [3.8, 4) is 0 Å². The molecule has 2 heterocycles. The molecular formula is C7H4BrClN2. The molecule has 0 saturated heterocycles. The number of nitrogens with zero attached hydrogens (tertiary/aromatic N) is 1. The van der Waals surface area contributed by atoms with Crippen molar-refractivity contribution >= 4 is 38.6 Å². The highest BCUT2D eigenvalue weighted by molar-refractivity contribution is 9.10. The van der Waals surface area contributed by atoms with Gasteiger partial charge in [0.1, 0.15) is 5.15 Å². The first-order valence-corrected chi connectivity index (χ1v) is 4.23. The predicted octanol–water partition coefficient (Wildman–Crippen LogP) is 2.98. The molecule has 0 fully saturated rings. The molecule has 0 aliphatic rings. The summed E-state index contributed by atoms with van der Waals surface area (Å²) in [5.41, 5.74) is 1.87. The number of rotatable bonds is 0. The molecule has 0 aliphatic carbocycles. The van der Waals surface area contributed by atoms with Crippen LogP contribution in [0.4, 0.5) is 0 Å². The maximum Gasteiger partial charge on any atom is 0.144 e. The molecule has 1 N–H and O–H groups in total. The molecule has 0 unspecified atom stereocenters. The van der Waals surface area contributed by atoms with Gasteiger partial charge in [-0.15, -0.1) is 0 Å². The Morgan fingerprint density at radius 2 is 2.36 bits per heavy atom. The van der Waals surface area contributed by atoms with Crippen LogP contribution in [0.25, 0.3) is 11.0 Å². The maximum atomic E-state index is 5.77. The van der Waals surface area contributed by atoms with Crippen molar-refractivity contribution < 1.29 is 0 Å². The standard InChI is InChI=1S/C7H4BrClN2/c8-4-3-6-5(1-2-10-6)11-7(4)9/h1-3,10H. The summed E-state index contributed by atoms with van der Waals surface area (Å²) >= 11 is 9.06. The number of hydrogen-bond acceptors (Lipinski definition) is 1. The minimum atomic E-state index is 0.497. The van der Waals surface area contributed by atoms with E-state index in [1.54, 1.807) is 0 Å². The van der Waals surface area contributed by atoms with Crippen LogP contribution in [0.2, 0.25) is 5.15 Å². The van der Waals surface area contributed by atoms with Crippen molar-refractivity contribution in [1.29, 1.82) is 0 Å². The molecule has 4 heteroatoms. The van der Waals surface area contributed by atoms with Crippen LogP contribution in [0.3, 0.4) is 0 Å². The van der Waals surface area contributed by atoms with E-state index in [-0.39, 0.29) is 0 Å². The molecule has 2 nitrogen and oxygen atoms in total. The first kappa shape index (κ1) is 7.13. The molecule has 0 radical (unpaired) electrons. The zero-order chi connectivity index (χ0) is 7.84. The summed E-state index contributed by atoms with van der Waals surface area (Å²) in [6, 6.07) is 3.79. The van der Waals surface area contributed by atoms with Gasteiger partial charge >= 0.3 is 0 Å². The number of H-pyrrole nitrogens is 1. The van der Waals surface area contributed by atoms with Gasteiger partial charge < -0.3 is 4.98 Å². The number of aromatic nitrogens is 2. The van der Waals surface area contributed by atoms with Crippen LogP contribution in [0.1, 0.15) is 0 Å². The lowest BCUT2D eigenvalue weighted by molar-refractivity contribution is 1.38.